The first-order valence-electron chi connectivity index (χ1n) is 4.07. The molecule has 0 aromatic heterocycles. The fourth-order valence-corrected chi connectivity index (χ4v) is 0.334. The summed E-state index contributed by atoms with van der Waals surface area (Å²) in [4.78, 5) is 19.7. The maximum absolute atomic E-state index is 10.2. The molecule has 0 atom stereocenters. The molecule has 3 heteroatoms. The Morgan fingerprint density at radius 1 is 1.58 bits per heavy atom. The largest absolute Gasteiger partial charge is 0.330 e. The normalized spacial score (nSPS) is 7.58. The maximum Gasteiger partial charge on any atom is 0.130 e. The maximum atomic E-state index is 10.2. The van der Waals surface area contributed by atoms with Gasteiger partial charge in [-0.2, -0.15) is 0 Å². The van der Waals surface area contributed by atoms with Crippen LogP contribution < -0.4 is 5.73 Å². The van der Waals surface area contributed by atoms with Crippen LogP contribution in [-0.4, -0.2) is 18.3 Å². The number of Topliss-reactive ketones (excluding diaryl/α,β-unsaturated/α-hetero) is 1. The Bertz CT molecular complexity index is 145. The van der Waals surface area contributed by atoms with E-state index in [1.807, 2.05) is 0 Å². The first-order valence-corrected chi connectivity index (χ1v) is 4.07. The van der Waals surface area contributed by atoms with Crippen LogP contribution in [0.1, 0.15) is 33.1 Å². The van der Waals surface area contributed by atoms with Gasteiger partial charge in [-0.25, -0.2) is 4.79 Å². The van der Waals surface area contributed by atoms with Gasteiger partial charge in [0.1, 0.15) is 11.7 Å². The minimum Gasteiger partial charge on any atom is -0.330 e. The van der Waals surface area contributed by atoms with Crippen molar-refractivity contribution >= 4 is 11.7 Å². The molecule has 0 rings (SSSR count). The molecule has 0 aromatic carbocycles. The van der Waals surface area contributed by atoms with Gasteiger partial charge in [0.25, 0.3) is 0 Å². The Hall–Kier alpha value is -0.920. The standard InChI is InChI=1S/C6H8O2.C3H9N/c1-6(8)4-2-3-5-7;1-2-3-4/h3H,2,4H2,1H3;2-4H2,1H3. The monoisotopic (exact) mass is 171 g/mol. The Kier molecular flexibility index (Phi) is 14.5. The lowest BCUT2D eigenvalue weighted by atomic mass is 10.2. The van der Waals surface area contributed by atoms with Gasteiger partial charge in [0.05, 0.1) is 0 Å². The second-order valence-corrected chi connectivity index (χ2v) is 2.35. The highest BCUT2D eigenvalue weighted by Gasteiger charge is 1.87. The van der Waals surface area contributed by atoms with Gasteiger partial charge in [-0.3, -0.25) is 0 Å². The molecule has 0 spiro atoms. The van der Waals surface area contributed by atoms with Crippen molar-refractivity contribution in [1.82, 2.24) is 0 Å². The van der Waals surface area contributed by atoms with Crippen LogP contribution in [0.5, 0.6) is 0 Å². The van der Waals surface area contributed by atoms with Crippen LogP contribution in [0, 0.1) is 0 Å². The van der Waals surface area contributed by atoms with E-state index in [4.69, 9.17) is 5.73 Å². The summed E-state index contributed by atoms with van der Waals surface area (Å²) in [5.74, 6) is 1.70. The molecule has 0 saturated carbocycles. The van der Waals surface area contributed by atoms with Crippen molar-refractivity contribution in [3.63, 3.8) is 0 Å². The van der Waals surface area contributed by atoms with Gasteiger partial charge in [-0.1, -0.05) is 6.92 Å². The van der Waals surface area contributed by atoms with E-state index < -0.39 is 0 Å². The fraction of sp³-hybridized carbons (Fsp3) is 0.667. The first-order chi connectivity index (χ1) is 5.68. The van der Waals surface area contributed by atoms with Crippen molar-refractivity contribution in [2.24, 2.45) is 5.73 Å². The molecule has 3 nitrogen and oxygen atoms in total. The van der Waals surface area contributed by atoms with Gasteiger partial charge in [-0.15, -0.1) is 0 Å². The van der Waals surface area contributed by atoms with E-state index in [1.165, 1.54) is 13.0 Å². The lowest BCUT2D eigenvalue weighted by molar-refractivity contribution is -0.116. The zero-order valence-corrected chi connectivity index (χ0v) is 7.80. The SMILES string of the molecule is CC(=O)CCC=C=O.CCCN. The molecule has 0 aromatic rings. The van der Waals surface area contributed by atoms with Crippen molar-refractivity contribution in [3.05, 3.63) is 6.08 Å². The van der Waals surface area contributed by atoms with E-state index in [9.17, 15) is 9.59 Å². The third-order valence-corrected chi connectivity index (χ3v) is 1.01. The molecule has 0 amide bonds. The molecular formula is C9H17NO2. The fourth-order valence-electron chi connectivity index (χ4n) is 0.334. The van der Waals surface area contributed by atoms with Gasteiger partial charge in [0.15, 0.2) is 0 Å². The van der Waals surface area contributed by atoms with E-state index in [-0.39, 0.29) is 5.78 Å². The molecular weight excluding hydrogens is 154 g/mol. The summed E-state index contributed by atoms with van der Waals surface area (Å²) in [7, 11) is 0. The van der Waals surface area contributed by atoms with Crippen LogP contribution in [0.3, 0.4) is 0 Å². The van der Waals surface area contributed by atoms with Gasteiger partial charge in [-0.05, 0) is 26.3 Å². The molecule has 0 aliphatic heterocycles. The van der Waals surface area contributed by atoms with E-state index in [0.29, 0.717) is 12.8 Å². The van der Waals surface area contributed by atoms with E-state index in [2.05, 4.69) is 6.92 Å². The molecule has 0 radical (unpaired) electrons. The van der Waals surface area contributed by atoms with Crippen LogP contribution in [0.2, 0.25) is 0 Å². The summed E-state index contributed by atoms with van der Waals surface area (Å²) in [6, 6.07) is 0. The minimum absolute atomic E-state index is 0.108. The molecule has 0 bridgehead atoms. The Balaban J connectivity index is 0. The number of hydrogen-bond donors (Lipinski definition) is 1. The minimum atomic E-state index is 0.108. The van der Waals surface area contributed by atoms with Crippen molar-refractivity contribution < 1.29 is 9.59 Å². The predicted octanol–water partition coefficient (Wildman–Crippen LogP) is 1.10. The summed E-state index contributed by atoms with van der Waals surface area (Å²) in [6.45, 7) is 4.37. The van der Waals surface area contributed by atoms with Gasteiger partial charge >= 0.3 is 0 Å². The summed E-state index contributed by atoms with van der Waals surface area (Å²) < 4.78 is 0. The van der Waals surface area contributed by atoms with E-state index >= 15 is 0 Å². The number of carbonyl (C=O) groups is 1. The zero-order valence-electron chi connectivity index (χ0n) is 7.80. The van der Waals surface area contributed by atoms with Crippen molar-refractivity contribution in [2.45, 2.75) is 33.1 Å². The van der Waals surface area contributed by atoms with Crippen molar-refractivity contribution in [1.29, 1.82) is 0 Å². The number of rotatable bonds is 4. The molecule has 0 aliphatic carbocycles. The second kappa shape index (κ2) is 12.7. The quantitative estimate of drug-likeness (QED) is 0.644. The van der Waals surface area contributed by atoms with Crippen molar-refractivity contribution in [2.75, 3.05) is 6.54 Å². The Morgan fingerprint density at radius 3 is 2.33 bits per heavy atom. The third-order valence-electron chi connectivity index (χ3n) is 1.01. The molecule has 0 aliphatic rings. The Morgan fingerprint density at radius 2 is 2.08 bits per heavy atom. The smallest absolute Gasteiger partial charge is 0.130 e. The number of allylic oxidation sites excluding steroid dienone is 1. The number of ketones is 1. The van der Waals surface area contributed by atoms with Crippen LogP contribution in [0.15, 0.2) is 6.08 Å². The van der Waals surface area contributed by atoms with E-state index in [1.54, 1.807) is 5.94 Å². The highest BCUT2D eigenvalue weighted by atomic mass is 16.1. The summed E-state index contributed by atoms with van der Waals surface area (Å²) in [6.07, 6.45) is 3.40. The number of nitrogens with two attached hydrogens (primary N) is 1. The predicted molar refractivity (Wildman–Crippen MR) is 49.5 cm³/mol. The van der Waals surface area contributed by atoms with Gasteiger partial charge < -0.3 is 10.5 Å². The molecule has 0 unspecified atom stereocenters. The number of carbonyl (C=O) groups excluding carboxylic acids is 2. The molecule has 70 valence electrons. The third kappa shape index (κ3) is 23.0. The lowest BCUT2D eigenvalue weighted by Gasteiger charge is -1.81. The molecule has 0 fully saturated rings. The highest BCUT2D eigenvalue weighted by molar-refractivity contribution is 5.75. The average molecular weight is 171 g/mol. The number of hydrogen-bond acceptors (Lipinski definition) is 3. The van der Waals surface area contributed by atoms with Crippen LogP contribution in [0.25, 0.3) is 0 Å². The molecule has 2 N–H and O–H groups in total. The topological polar surface area (TPSA) is 60.2 Å². The molecule has 12 heavy (non-hydrogen) atoms. The lowest BCUT2D eigenvalue weighted by Crippen LogP contribution is -1.93. The second-order valence-electron chi connectivity index (χ2n) is 2.35. The Labute approximate surface area is 73.6 Å². The summed E-state index contributed by atoms with van der Waals surface area (Å²) in [5.41, 5.74) is 5.03. The zero-order chi connectivity index (χ0) is 9.82. The van der Waals surface area contributed by atoms with Crippen LogP contribution in [0.4, 0.5) is 0 Å². The molecule has 0 saturated heterocycles. The van der Waals surface area contributed by atoms with Crippen LogP contribution >= 0.6 is 0 Å². The van der Waals surface area contributed by atoms with Crippen LogP contribution in [-0.2, 0) is 9.59 Å². The van der Waals surface area contributed by atoms with Gasteiger partial charge in [0, 0.05) is 12.5 Å². The van der Waals surface area contributed by atoms with Gasteiger partial charge in [0.2, 0.25) is 0 Å². The first kappa shape index (κ1) is 13.7. The summed E-state index contributed by atoms with van der Waals surface area (Å²) >= 11 is 0. The average Bonchev–Trinajstić information content (AvgIpc) is 2.05. The highest BCUT2D eigenvalue weighted by Crippen LogP contribution is 1.87. The summed E-state index contributed by atoms with van der Waals surface area (Å²) in [5, 5.41) is 0. The van der Waals surface area contributed by atoms with E-state index in [0.717, 1.165) is 13.0 Å². The van der Waals surface area contributed by atoms with Crippen molar-refractivity contribution in [3.8, 4) is 0 Å². The molecule has 0 heterocycles.